The van der Waals surface area contributed by atoms with E-state index in [0.717, 1.165) is 0 Å². The highest BCUT2D eigenvalue weighted by atomic mass is 14.2. The van der Waals surface area contributed by atoms with Crippen molar-refractivity contribution in [3.05, 3.63) is 35.9 Å². The largest absolute Gasteiger partial charge is 0.198 e. The quantitative estimate of drug-likeness (QED) is 0.627. The summed E-state index contributed by atoms with van der Waals surface area (Å²) in [7, 11) is 0. The van der Waals surface area contributed by atoms with Crippen LogP contribution in [0, 0.1) is 11.3 Å². The van der Waals surface area contributed by atoms with Crippen LogP contribution < -0.4 is 0 Å². The number of hydrogen-bond acceptors (Lipinski definition) is 1. The van der Waals surface area contributed by atoms with Crippen LogP contribution in [0.1, 0.15) is 24.8 Å². The van der Waals surface area contributed by atoms with Gasteiger partial charge in [0.1, 0.15) is 0 Å². The molecule has 0 aliphatic heterocycles. The van der Waals surface area contributed by atoms with Crippen molar-refractivity contribution in [2.24, 2.45) is 0 Å². The van der Waals surface area contributed by atoms with Crippen molar-refractivity contribution >= 4 is 0 Å². The molecule has 0 radical (unpaired) electrons. The molecule has 0 bridgehead atoms. The van der Waals surface area contributed by atoms with Gasteiger partial charge < -0.3 is 0 Å². The molecule has 56 valence electrons. The maximum absolute atomic E-state index is 8.45. The molecule has 0 spiro atoms. The lowest BCUT2D eigenvalue weighted by molar-refractivity contribution is 0.789. The predicted molar refractivity (Wildman–Crippen MR) is 45.1 cm³/mol. The Morgan fingerprint density at radius 3 is 2.55 bits per heavy atom. The molecule has 0 fully saturated rings. The Morgan fingerprint density at radius 2 is 2.00 bits per heavy atom. The van der Waals surface area contributed by atoms with Crippen molar-refractivity contribution in [1.82, 2.24) is 0 Å². The first-order chi connectivity index (χ1) is 5.34. The summed E-state index contributed by atoms with van der Waals surface area (Å²) in [5.41, 5.74) is 1.24. The summed E-state index contributed by atoms with van der Waals surface area (Å²) in [6.45, 7) is 2.07. The van der Waals surface area contributed by atoms with Crippen LogP contribution in [0.25, 0.3) is 0 Å². The van der Waals surface area contributed by atoms with E-state index in [4.69, 9.17) is 5.26 Å². The van der Waals surface area contributed by atoms with Crippen molar-refractivity contribution < 1.29 is 0 Å². The summed E-state index contributed by atoms with van der Waals surface area (Å²) < 4.78 is 0. The number of benzene rings is 1. The smallest absolute Gasteiger partial charge is 0.0628 e. The molecule has 1 nitrogen and oxygen atoms in total. The molecule has 0 saturated heterocycles. The molecule has 0 aliphatic rings. The van der Waals surface area contributed by atoms with Crippen LogP contribution in [0.5, 0.6) is 0 Å². The lowest BCUT2D eigenvalue weighted by Gasteiger charge is -2.05. The normalized spacial score (nSPS) is 12.0. The second-order valence-corrected chi connectivity index (χ2v) is 2.67. The lowest BCUT2D eigenvalue weighted by Crippen LogP contribution is -1.90. The fraction of sp³-hybridized carbons (Fsp3) is 0.300. The molecule has 11 heavy (non-hydrogen) atoms. The maximum Gasteiger partial charge on any atom is 0.0628 e. The third-order valence-corrected chi connectivity index (χ3v) is 1.77. The van der Waals surface area contributed by atoms with E-state index >= 15 is 0 Å². The molecular weight excluding hydrogens is 134 g/mol. The van der Waals surface area contributed by atoms with Gasteiger partial charge in [-0.05, 0) is 11.5 Å². The Morgan fingerprint density at radius 1 is 1.36 bits per heavy atom. The third-order valence-electron chi connectivity index (χ3n) is 1.77. The number of rotatable bonds is 2. The molecule has 0 N–H and O–H groups in total. The summed E-state index contributed by atoms with van der Waals surface area (Å²) in [6, 6.07) is 12.3. The highest BCUT2D eigenvalue weighted by Gasteiger charge is 2.01. The molecular formula is C10H11N. The molecule has 0 aromatic heterocycles. The van der Waals surface area contributed by atoms with Crippen LogP contribution in [0.3, 0.4) is 0 Å². The van der Waals surface area contributed by atoms with E-state index in [9.17, 15) is 0 Å². The topological polar surface area (TPSA) is 23.8 Å². The second-order valence-electron chi connectivity index (χ2n) is 2.67. The van der Waals surface area contributed by atoms with Crippen molar-refractivity contribution in [3.8, 4) is 6.07 Å². The first kappa shape index (κ1) is 7.81. The van der Waals surface area contributed by atoms with Gasteiger partial charge in [0.15, 0.2) is 0 Å². The predicted octanol–water partition coefficient (Wildman–Crippen LogP) is 2.70. The van der Waals surface area contributed by atoms with Gasteiger partial charge in [-0.15, -0.1) is 0 Å². The van der Waals surface area contributed by atoms with Crippen LogP contribution in [0.2, 0.25) is 0 Å². The average molecular weight is 145 g/mol. The Balaban J connectivity index is 2.70. The lowest BCUT2D eigenvalue weighted by atomic mass is 9.99. The van der Waals surface area contributed by atoms with E-state index in [-0.39, 0.29) is 0 Å². The molecule has 1 heteroatoms. The maximum atomic E-state index is 8.45. The molecule has 1 rings (SSSR count). The van der Waals surface area contributed by atoms with Crippen LogP contribution in [0.4, 0.5) is 0 Å². The summed E-state index contributed by atoms with van der Waals surface area (Å²) in [5, 5.41) is 8.45. The average Bonchev–Trinajstić information content (AvgIpc) is 2.07. The van der Waals surface area contributed by atoms with E-state index in [1.54, 1.807) is 0 Å². The molecule has 1 unspecified atom stereocenters. The summed E-state index contributed by atoms with van der Waals surface area (Å²) in [4.78, 5) is 0. The van der Waals surface area contributed by atoms with E-state index in [0.29, 0.717) is 12.3 Å². The molecule has 1 aromatic rings. The van der Waals surface area contributed by atoms with Gasteiger partial charge in [0.05, 0.1) is 6.07 Å². The van der Waals surface area contributed by atoms with Gasteiger partial charge in [0.2, 0.25) is 0 Å². The zero-order valence-electron chi connectivity index (χ0n) is 6.62. The van der Waals surface area contributed by atoms with Crippen molar-refractivity contribution in [2.45, 2.75) is 19.3 Å². The summed E-state index contributed by atoms with van der Waals surface area (Å²) in [6.07, 6.45) is 0.601. The minimum Gasteiger partial charge on any atom is -0.198 e. The Hall–Kier alpha value is -1.29. The van der Waals surface area contributed by atoms with Gasteiger partial charge in [-0.2, -0.15) is 5.26 Å². The molecule has 0 heterocycles. The van der Waals surface area contributed by atoms with Crippen molar-refractivity contribution in [3.63, 3.8) is 0 Å². The van der Waals surface area contributed by atoms with E-state index in [2.05, 4.69) is 25.1 Å². The van der Waals surface area contributed by atoms with Crippen LogP contribution >= 0.6 is 0 Å². The highest BCUT2D eigenvalue weighted by molar-refractivity contribution is 5.19. The van der Waals surface area contributed by atoms with Crippen LogP contribution in [-0.4, -0.2) is 0 Å². The number of hydrogen-bond donors (Lipinski definition) is 0. The van der Waals surface area contributed by atoms with Gasteiger partial charge in [-0.1, -0.05) is 37.3 Å². The van der Waals surface area contributed by atoms with Gasteiger partial charge in [0, 0.05) is 6.42 Å². The van der Waals surface area contributed by atoms with Crippen molar-refractivity contribution in [1.29, 1.82) is 5.26 Å². The van der Waals surface area contributed by atoms with E-state index in [1.807, 2.05) is 18.2 Å². The third kappa shape index (κ3) is 2.09. The standard InChI is InChI=1S/C10H11N/c1-9(7-8-11)10-5-3-2-4-6-10/h2-6,9H,7H2,1H3. The first-order valence-electron chi connectivity index (χ1n) is 3.76. The molecule has 0 amide bonds. The minimum atomic E-state index is 0.362. The monoisotopic (exact) mass is 145 g/mol. The molecule has 0 saturated carbocycles. The number of nitrogens with zero attached hydrogens (tertiary/aromatic N) is 1. The minimum absolute atomic E-state index is 0.362. The zero-order chi connectivity index (χ0) is 8.10. The number of nitriles is 1. The van der Waals surface area contributed by atoms with Gasteiger partial charge in [-0.3, -0.25) is 0 Å². The van der Waals surface area contributed by atoms with Crippen molar-refractivity contribution in [2.75, 3.05) is 0 Å². The van der Waals surface area contributed by atoms with Gasteiger partial charge >= 0.3 is 0 Å². The van der Waals surface area contributed by atoms with E-state index < -0.39 is 0 Å². The van der Waals surface area contributed by atoms with Gasteiger partial charge in [-0.25, -0.2) is 0 Å². The molecule has 1 atom stereocenters. The summed E-state index contributed by atoms with van der Waals surface area (Å²) in [5.74, 6) is 0.362. The Kier molecular flexibility index (Phi) is 2.68. The second kappa shape index (κ2) is 3.78. The van der Waals surface area contributed by atoms with Crippen LogP contribution in [-0.2, 0) is 0 Å². The Bertz CT molecular complexity index is 245. The molecule has 1 aromatic carbocycles. The fourth-order valence-electron chi connectivity index (χ4n) is 1.04. The Labute approximate surface area is 67.3 Å². The zero-order valence-corrected chi connectivity index (χ0v) is 6.62. The van der Waals surface area contributed by atoms with E-state index in [1.165, 1.54) is 5.56 Å². The van der Waals surface area contributed by atoms with Gasteiger partial charge in [0.25, 0.3) is 0 Å². The first-order valence-corrected chi connectivity index (χ1v) is 3.76. The SMILES string of the molecule is CC(CC#N)c1ccccc1. The fourth-order valence-corrected chi connectivity index (χ4v) is 1.04. The summed E-state index contributed by atoms with van der Waals surface area (Å²) >= 11 is 0. The molecule has 0 aliphatic carbocycles. The highest BCUT2D eigenvalue weighted by Crippen LogP contribution is 2.16. The van der Waals surface area contributed by atoms with Crippen LogP contribution in [0.15, 0.2) is 30.3 Å².